The quantitative estimate of drug-likeness (QED) is 0.850. The van der Waals surface area contributed by atoms with Gasteiger partial charge in [-0.05, 0) is 42.4 Å². The van der Waals surface area contributed by atoms with E-state index in [-0.39, 0.29) is 0 Å². The van der Waals surface area contributed by atoms with Gasteiger partial charge in [0.1, 0.15) is 0 Å². The molecule has 2 aromatic carbocycles. The molecule has 0 heterocycles. The van der Waals surface area contributed by atoms with Gasteiger partial charge in [-0.15, -0.1) is 0 Å². The third-order valence-electron chi connectivity index (χ3n) is 2.94. The second-order valence-corrected chi connectivity index (χ2v) is 4.73. The zero-order valence-electron chi connectivity index (χ0n) is 11.0. The zero-order valence-corrected chi connectivity index (χ0v) is 11.0. The highest BCUT2D eigenvalue weighted by Crippen LogP contribution is 2.11. The molecule has 0 radical (unpaired) electrons. The van der Waals surface area contributed by atoms with Gasteiger partial charge in [-0.3, -0.25) is 4.90 Å². The van der Waals surface area contributed by atoms with Crippen molar-refractivity contribution >= 4 is 5.69 Å². The molecule has 0 fully saturated rings. The summed E-state index contributed by atoms with van der Waals surface area (Å²) in [7, 11) is 2.07. The van der Waals surface area contributed by atoms with Gasteiger partial charge in [-0.2, -0.15) is 5.26 Å². The van der Waals surface area contributed by atoms with E-state index in [1.807, 2.05) is 42.5 Å². The van der Waals surface area contributed by atoms with Gasteiger partial charge in [-0.25, -0.2) is 0 Å². The van der Waals surface area contributed by atoms with Gasteiger partial charge in [0.15, 0.2) is 0 Å². The zero-order chi connectivity index (χ0) is 13.7. The number of anilines is 1. The molecule has 2 rings (SSSR count). The summed E-state index contributed by atoms with van der Waals surface area (Å²) in [5, 5.41) is 8.76. The normalized spacial score (nSPS) is 10.4. The number of rotatable bonds is 4. The van der Waals surface area contributed by atoms with Crippen LogP contribution in [-0.2, 0) is 13.1 Å². The number of benzene rings is 2. The first kappa shape index (κ1) is 13.1. The molecule has 0 amide bonds. The van der Waals surface area contributed by atoms with Crippen molar-refractivity contribution < 1.29 is 0 Å². The SMILES string of the molecule is CN(Cc1ccc(C#N)cc1)Cc1cccc(N)c1. The van der Waals surface area contributed by atoms with E-state index in [9.17, 15) is 0 Å². The van der Waals surface area contributed by atoms with E-state index in [1.165, 1.54) is 11.1 Å². The monoisotopic (exact) mass is 251 g/mol. The Balaban J connectivity index is 1.97. The lowest BCUT2D eigenvalue weighted by Gasteiger charge is -2.17. The van der Waals surface area contributed by atoms with E-state index in [4.69, 9.17) is 11.0 Å². The van der Waals surface area contributed by atoms with Crippen LogP contribution in [0.4, 0.5) is 5.69 Å². The molecule has 0 aliphatic rings. The van der Waals surface area contributed by atoms with Crippen molar-refractivity contribution in [2.24, 2.45) is 0 Å². The number of hydrogen-bond acceptors (Lipinski definition) is 3. The molecule has 3 heteroatoms. The molecule has 96 valence electrons. The van der Waals surface area contributed by atoms with Crippen LogP contribution in [0.15, 0.2) is 48.5 Å². The van der Waals surface area contributed by atoms with Gasteiger partial charge in [0.2, 0.25) is 0 Å². The molecule has 2 N–H and O–H groups in total. The summed E-state index contributed by atoms with van der Waals surface area (Å²) in [5.41, 5.74) is 9.67. The Kier molecular flexibility index (Phi) is 4.17. The lowest BCUT2D eigenvalue weighted by atomic mass is 10.1. The Labute approximate surface area is 113 Å². The maximum absolute atomic E-state index is 8.76. The Hall–Kier alpha value is -2.31. The van der Waals surface area contributed by atoms with Crippen molar-refractivity contribution in [1.82, 2.24) is 4.90 Å². The molecule has 0 aliphatic carbocycles. The average molecular weight is 251 g/mol. The van der Waals surface area contributed by atoms with Gasteiger partial charge in [0.05, 0.1) is 11.6 Å². The predicted octanol–water partition coefficient (Wildman–Crippen LogP) is 2.77. The molecular formula is C16H17N3. The molecule has 0 aliphatic heterocycles. The van der Waals surface area contributed by atoms with Gasteiger partial charge in [-0.1, -0.05) is 24.3 Å². The van der Waals surface area contributed by atoms with Crippen LogP contribution in [0.25, 0.3) is 0 Å². The van der Waals surface area contributed by atoms with Gasteiger partial charge >= 0.3 is 0 Å². The largest absolute Gasteiger partial charge is 0.399 e. The van der Waals surface area contributed by atoms with Crippen LogP contribution in [0.1, 0.15) is 16.7 Å². The highest BCUT2D eigenvalue weighted by molar-refractivity contribution is 5.40. The number of nitrogen functional groups attached to an aromatic ring is 1. The first-order chi connectivity index (χ1) is 9.17. The molecule has 0 bridgehead atoms. The van der Waals surface area contributed by atoms with Crippen LogP contribution in [0.5, 0.6) is 0 Å². The van der Waals surface area contributed by atoms with Crippen LogP contribution in [-0.4, -0.2) is 11.9 Å². The van der Waals surface area contributed by atoms with E-state index in [2.05, 4.69) is 24.1 Å². The summed E-state index contributed by atoms with van der Waals surface area (Å²) in [4.78, 5) is 2.22. The number of nitrogens with zero attached hydrogens (tertiary/aromatic N) is 2. The fourth-order valence-electron chi connectivity index (χ4n) is 2.06. The maximum atomic E-state index is 8.76. The van der Waals surface area contributed by atoms with Gasteiger partial charge < -0.3 is 5.73 Å². The van der Waals surface area contributed by atoms with Crippen molar-refractivity contribution in [3.63, 3.8) is 0 Å². The second-order valence-electron chi connectivity index (χ2n) is 4.73. The minimum absolute atomic E-state index is 0.697. The smallest absolute Gasteiger partial charge is 0.0991 e. The van der Waals surface area contributed by atoms with E-state index in [0.29, 0.717) is 5.56 Å². The van der Waals surface area contributed by atoms with Crippen molar-refractivity contribution in [1.29, 1.82) is 5.26 Å². The third kappa shape index (κ3) is 3.84. The van der Waals surface area contributed by atoms with Crippen LogP contribution >= 0.6 is 0 Å². The molecule has 0 saturated carbocycles. The Morgan fingerprint density at radius 3 is 2.37 bits per heavy atom. The highest BCUT2D eigenvalue weighted by atomic mass is 15.1. The molecule has 3 nitrogen and oxygen atoms in total. The van der Waals surface area contributed by atoms with Crippen molar-refractivity contribution in [2.45, 2.75) is 13.1 Å². The average Bonchev–Trinajstić information content (AvgIpc) is 2.39. The fraction of sp³-hybridized carbons (Fsp3) is 0.188. The minimum atomic E-state index is 0.697. The Bertz CT molecular complexity index is 582. The third-order valence-corrected chi connectivity index (χ3v) is 2.94. The van der Waals surface area contributed by atoms with E-state index in [0.717, 1.165) is 18.8 Å². The molecular weight excluding hydrogens is 234 g/mol. The van der Waals surface area contributed by atoms with E-state index < -0.39 is 0 Å². The predicted molar refractivity (Wildman–Crippen MR) is 77.2 cm³/mol. The highest BCUT2D eigenvalue weighted by Gasteiger charge is 2.02. The second kappa shape index (κ2) is 6.03. The van der Waals surface area contributed by atoms with Crippen LogP contribution in [0, 0.1) is 11.3 Å². The summed E-state index contributed by atoms with van der Waals surface area (Å²) in [5.74, 6) is 0. The lowest BCUT2D eigenvalue weighted by molar-refractivity contribution is 0.319. The standard InChI is InChI=1S/C16H17N3/c1-19(12-15-3-2-4-16(18)9-15)11-14-7-5-13(10-17)6-8-14/h2-9H,11-12,18H2,1H3. The molecule has 2 aromatic rings. The summed E-state index contributed by atoms with van der Waals surface area (Å²) < 4.78 is 0. The molecule has 0 saturated heterocycles. The lowest BCUT2D eigenvalue weighted by Crippen LogP contribution is -2.17. The minimum Gasteiger partial charge on any atom is -0.399 e. The van der Waals surface area contributed by atoms with E-state index >= 15 is 0 Å². The number of nitrogens with two attached hydrogens (primary N) is 1. The van der Waals surface area contributed by atoms with Crippen molar-refractivity contribution in [3.8, 4) is 6.07 Å². The molecule has 0 unspecified atom stereocenters. The van der Waals surface area contributed by atoms with Gasteiger partial charge in [0.25, 0.3) is 0 Å². The van der Waals surface area contributed by atoms with E-state index in [1.54, 1.807) is 0 Å². The summed E-state index contributed by atoms with van der Waals surface area (Å²) in [6.07, 6.45) is 0. The van der Waals surface area contributed by atoms with Crippen LogP contribution in [0.2, 0.25) is 0 Å². The molecule has 19 heavy (non-hydrogen) atoms. The molecule has 0 atom stereocenters. The van der Waals surface area contributed by atoms with Crippen LogP contribution < -0.4 is 5.73 Å². The number of nitriles is 1. The first-order valence-electron chi connectivity index (χ1n) is 6.19. The molecule has 0 aromatic heterocycles. The summed E-state index contributed by atoms with van der Waals surface area (Å²) >= 11 is 0. The molecule has 0 spiro atoms. The number of hydrogen-bond donors (Lipinski definition) is 1. The summed E-state index contributed by atoms with van der Waals surface area (Å²) in [6.45, 7) is 1.70. The van der Waals surface area contributed by atoms with Crippen molar-refractivity contribution in [3.05, 3.63) is 65.2 Å². The Morgan fingerprint density at radius 1 is 1.05 bits per heavy atom. The maximum Gasteiger partial charge on any atom is 0.0991 e. The first-order valence-corrected chi connectivity index (χ1v) is 6.19. The Morgan fingerprint density at radius 2 is 1.74 bits per heavy atom. The topological polar surface area (TPSA) is 53.0 Å². The van der Waals surface area contributed by atoms with Crippen LogP contribution in [0.3, 0.4) is 0 Å². The summed E-state index contributed by atoms with van der Waals surface area (Å²) in [6, 6.07) is 17.8. The van der Waals surface area contributed by atoms with Crippen molar-refractivity contribution in [2.75, 3.05) is 12.8 Å². The van der Waals surface area contributed by atoms with Gasteiger partial charge in [0, 0.05) is 18.8 Å². The fourth-order valence-corrected chi connectivity index (χ4v) is 2.06.